The van der Waals surface area contributed by atoms with E-state index in [1.165, 1.54) is 5.56 Å². The molecule has 0 aliphatic carbocycles. The van der Waals surface area contributed by atoms with E-state index in [1.807, 2.05) is 24.3 Å². The molecule has 0 saturated heterocycles. The fourth-order valence-electron chi connectivity index (χ4n) is 2.23. The van der Waals surface area contributed by atoms with Crippen LogP contribution < -0.4 is 10.6 Å². The van der Waals surface area contributed by atoms with E-state index in [0.29, 0.717) is 18.0 Å². The number of benzene rings is 1. The Bertz CT molecular complexity index is 611. The van der Waals surface area contributed by atoms with Crippen molar-refractivity contribution in [3.05, 3.63) is 59.9 Å². The molecule has 0 bridgehead atoms. The number of pyridine rings is 1. The van der Waals surface area contributed by atoms with E-state index in [4.69, 9.17) is 0 Å². The molecule has 1 aromatic carbocycles. The van der Waals surface area contributed by atoms with E-state index in [9.17, 15) is 4.79 Å². The maximum Gasteiger partial charge on any atom is 0.252 e. The van der Waals surface area contributed by atoms with Gasteiger partial charge in [0.15, 0.2) is 0 Å². The molecule has 2 rings (SSSR count). The van der Waals surface area contributed by atoms with Gasteiger partial charge in [0.2, 0.25) is 0 Å². The molecule has 0 aliphatic rings. The van der Waals surface area contributed by atoms with Gasteiger partial charge in [-0.25, -0.2) is 0 Å². The van der Waals surface area contributed by atoms with Gasteiger partial charge in [0.05, 0.1) is 11.3 Å². The normalized spacial score (nSPS) is 10.6. The zero-order valence-electron chi connectivity index (χ0n) is 13.9. The molecule has 4 nitrogen and oxygen atoms in total. The summed E-state index contributed by atoms with van der Waals surface area (Å²) in [6.07, 6.45) is 5.27. The number of carbonyl (C=O) groups excluding carboxylic acids is 1. The predicted octanol–water partition coefficient (Wildman–Crippen LogP) is 3.51. The van der Waals surface area contributed by atoms with Crippen LogP contribution >= 0.6 is 0 Å². The molecule has 0 atom stereocenters. The minimum atomic E-state index is -0.0649. The molecular weight excluding hydrogens is 286 g/mol. The molecule has 0 unspecified atom stereocenters. The molecule has 0 spiro atoms. The average Bonchev–Trinajstić information content (AvgIpc) is 2.56. The third-order valence-corrected chi connectivity index (χ3v) is 3.59. The van der Waals surface area contributed by atoms with Crippen molar-refractivity contribution in [3.8, 4) is 0 Å². The summed E-state index contributed by atoms with van der Waals surface area (Å²) in [5, 5.41) is 6.25. The Hall–Kier alpha value is -2.36. The highest BCUT2D eigenvalue weighted by molar-refractivity contribution is 5.94. The van der Waals surface area contributed by atoms with Gasteiger partial charge < -0.3 is 10.6 Å². The van der Waals surface area contributed by atoms with Crippen LogP contribution in [0.5, 0.6) is 0 Å². The Kier molecular flexibility index (Phi) is 6.60. The number of hydrogen-bond acceptors (Lipinski definition) is 3. The molecule has 23 heavy (non-hydrogen) atoms. The number of amides is 1. The first-order valence-electron chi connectivity index (χ1n) is 8.16. The van der Waals surface area contributed by atoms with E-state index >= 15 is 0 Å². The number of anilines is 1. The fraction of sp³-hybridized carbons (Fsp3) is 0.368. The van der Waals surface area contributed by atoms with Crippen LogP contribution in [0.25, 0.3) is 0 Å². The van der Waals surface area contributed by atoms with Gasteiger partial charge in [0, 0.05) is 25.5 Å². The number of nitrogens with one attached hydrogen (secondary N) is 2. The summed E-state index contributed by atoms with van der Waals surface area (Å²) in [6.45, 7) is 5.79. The molecule has 2 N–H and O–H groups in total. The third kappa shape index (κ3) is 6.10. The maximum atomic E-state index is 12.1. The predicted molar refractivity (Wildman–Crippen MR) is 94.7 cm³/mol. The van der Waals surface area contributed by atoms with Crippen molar-refractivity contribution < 1.29 is 4.79 Å². The van der Waals surface area contributed by atoms with Gasteiger partial charge >= 0.3 is 0 Å². The van der Waals surface area contributed by atoms with Crippen molar-refractivity contribution in [2.45, 2.75) is 26.7 Å². The Morgan fingerprint density at radius 1 is 1.13 bits per heavy atom. The zero-order valence-corrected chi connectivity index (χ0v) is 13.9. The second-order valence-electron chi connectivity index (χ2n) is 6.06. The number of carbonyl (C=O) groups is 1. The minimum Gasteiger partial charge on any atom is -0.383 e. The van der Waals surface area contributed by atoms with Crippen LogP contribution in [0.3, 0.4) is 0 Å². The molecule has 1 aromatic heterocycles. The van der Waals surface area contributed by atoms with Crippen molar-refractivity contribution in [2.24, 2.45) is 5.92 Å². The van der Waals surface area contributed by atoms with E-state index < -0.39 is 0 Å². The van der Waals surface area contributed by atoms with Crippen molar-refractivity contribution in [1.29, 1.82) is 0 Å². The van der Waals surface area contributed by atoms with E-state index in [1.54, 1.807) is 12.4 Å². The second-order valence-corrected chi connectivity index (χ2v) is 6.06. The summed E-state index contributed by atoms with van der Waals surface area (Å²) in [5.41, 5.74) is 2.76. The summed E-state index contributed by atoms with van der Waals surface area (Å²) in [5.74, 6) is 0.518. The van der Waals surface area contributed by atoms with Crippen LogP contribution in [0.4, 0.5) is 5.69 Å². The largest absolute Gasteiger partial charge is 0.383 e. The number of aromatic nitrogens is 1. The Balaban J connectivity index is 1.83. The highest BCUT2D eigenvalue weighted by Gasteiger charge is 2.06. The van der Waals surface area contributed by atoms with Gasteiger partial charge in [0.25, 0.3) is 5.91 Å². The second kappa shape index (κ2) is 8.93. The fourth-order valence-corrected chi connectivity index (χ4v) is 2.23. The zero-order chi connectivity index (χ0) is 16.5. The quantitative estimate of drug-likeness (QED) is 0.784. The summed E-state index contributed by atoms with van der Waals surface area (Å²) >= 11 is 0. The van der Waals surface area contributed by atoms with Crippen LogP contribution in [-0.4, -0.2) is 24.0 Å². The molecule has 0 saturated carbocycles. The van der Waals surface area contributed by atoms with Gasteiger partial charge in [-0.2, -0.15) is 0 Å². The number of nitrogens with zero attached hydrogens (tertiary/aromatic N) is 1. The standard InChI is InChI=1S/C19H25N3O/c1-15(2)8-10-22-19(23)17-12-18(14-20-13-17)21-11-9-16-6-4-3-5-7-16/h3-7,12-15,21H,8-11H2,1-2H3,(H,22,23). The van der Waals surface area contributed by atoms with Crippen LogP contribution in [0.1, 0.15) is 36.2 Å². The lowest BCUT2D eigenvalue weighted by atomic mass is 10.1. The van der Waals surface area contributed by atoms with Crippen LogP contribution in [0.2, 0.25) is 0 Å². The van der Waals surface area contributed by atoms with Crippen molar-refractivity contribution in [3.63, 3.8) is 0 Å². The number of hydrogen-bond donors (Lipinski definition) is 2. The molecular formula is C19H25N3O. The Morgan fingerprint density at radius 2 is 1.91 bits per heavy atom. The maximum absolute atomic E-state index is 12.1. The van der Waals surface area contributed by atoms with Gasteiger partial charge in [-0.05, 0) is 30.4 Å². The summed E-state index contributed by atoms with van der Waals surface area (Å²) < 4.78 is 0. The van der Waals surface area contributed by atoms with Gasteiger partial charge in [-0.1, -0.05) is 44.2 Å². The van der Waals surface area contributed by atoms with Crippen molar-refractivity contribution in [2.75, 3.05) is 18.4 Å². The molecule has 0 aliphatic heterocycles. The van der Waals surface area contributed by atoms with Gasteiger partial charge in [-0.3, -0.25) is 9.78 Å². The van der Waals surface area contributed by atoms with Crippen LogP contribution in [0.15, 0.2) is 48.8 Å². The first-order valence-corrected chi connectivity index (χ1v) is 8.16. The average molecular weight is 311 g/mol. The summed E-state index contributed by atoms with van der Waals surface area (Å²) in [6, 6.07) is 12.2. The Morgan fingerprint density at radius 3 is 2.65 bits per heavy atom. The number of rotatable bonds is 8. The molecule has 2 aromatic rings. The van der Waals surface area contributed by atoms with Crippen LogP contribution in [-0.2, 0) is 6.42 Å². The third-order valence-electron chi connectivity index (χ3n) is 3.59. The molecule has 1 amide bonds. The lowest BCUT2D eigenvalue weighted by molar-refractivity contribution is 0.0951. The SMILES string of the molecule is CC(C)CCNC(=O)c1cncc(NCCc2ccccc2)c1. The highest BCUT2D eigenvalue weighted by Crippen LogP contribution is 2.09. The van der Waals surface area contributed by atoms with Gasteiger partial charge in [-0.15, -0.1) is 0 Å². The van der Waals surface area contributed by atoms with Crippen molar-refractivity contribution in [1.82, 2.24) is 10.3 Å². The first-order chi connectivity index (χ1) is 11.1. The van der Waals surface area contributed by atoms with E-state index in [-0.39, 0.29) is 5.91 Å². The monoisotopic (exact) mass is 311 g/mol. The highest BCUT2D eigenvalue weighted by atomic mass is 16.1. The van der Waals surface area contributed by atoms with E-state index in [2.05, 4.69) is 41.6 Å². The first kappa shape index (κ1) is 17.0. The smallest absolute Gasteiger partial charge is 0.252 e. The lowest BCUT2D eigenvalue weighted by Gasteiger charge is -2.09. The molecule has 122 valence electrons. The molecule has 0 fully saturated rings. The molecule has 1 heterocycles. The van der Waals surface area contributed by atoms with E-state index in [0.717, 1.165) is 25.1 Å². The Labute approximate surface area is 138 Å². The summed E-state index contributed by atoms with van der Waals surface area (Å²) in [4.78, 5) is 16.2. The minimum absolute atomic E-state index is 0.0649. The topological polar surface area (TPSA) is 54.0 Å². The summed E-state index contributed by atoms with van der Waals surface area (Å²) in [7, 11) is 0. The van der Waals surface area contributed by atoms with Crippen LogP contribution in [0, 0.1) is 5.92 Å². The van der Waals surface area contributed by atoms with Crippen molar-refractivity contribution >= 4 is 11.6 Å². The van der Waals surface area contributed by atoms with Gasteiger partial charge in [0.1, 0.15) is 0 Å². The molecule has 4 heteroatoms. The lowest BCUT2D eigenvalue weighted by Crippen LogP contribution is -2.25. The molecule has 0 radical (unpaired) electrons.